The van der Waals surface area contributed by atoms with Gasteiger partial charge in [-0.1, -0.05) is 41.9 Å². The van der Waals surface area contributed by atoms with E-state index >= 15 is 0 Å². The third kappa shape index (κ3) is 5.52. The molecule has 0 bridgehead atoms. The molecule has 1 atom stereocenters. The van der Waals surface area contributed by atoms with Gasteiger partial charge in [0.2, 0.25) is 5.91 Å². The molecule has 9 heteroatoms. The predicted molar refractivity (Wildman–Crippen MR) is 105 cm³/mol. The van der Waals surface area contributed by atoms with Gasteiger partial charge in [-0.05, 0) is 23.8 Å². The smallest absolute Gasteiger partial charge is 0.313 e. The van der Waals surface area contributed by atoms with Crippen LogP contribution in [0, 0.1) is 5.82 Å². The average molecular weight is 420 g/mol. The molecule has 2 aromatic carbocycles. The zero-order chi connectivity index (χ0) is 20.8. The normalized spacial score (nSPS) is 16.2. The fraction of sp³-hybridized carbons (Fsp3) is 0.250. The summed E-state index contributed by atoms with van der Waals surface area (Å²) in [4.78, 5) is 37.9. The highest BCUT2D eigenvalue weighted by molar-refractivity contribution is 6.40. The Morgan fingerprint density at radius 1 is 1.14 bits per heavy atom. The first kappa shape index (κ1) is 20.8. The van der Waals surface area contributed by atoms with E-state index in [9.17, 15) is 18.8 Å². The molecule has 3 amide bonds. The maximum absolute atomic E-state index is 13.1. The molecule has 1 aliphatic heterocycles. The maximum atomic E-state index is 13.1. The third-order valence-electron chi connectivity index (χ3n) is 4.37. The molecule has 152 valence electrons. The summed E-state index contributed by atoms with van der Waals surface area (Å²) in [5.41, 5.74) is 1.13. The first-order valence-electron chi connectivity index (χ1n) is 8.92. The van der Waals surface area contributed by atoms with Crippen LogP contribution in [-0.2, 0) is 19.1 Å². The number of carbonyl (C=O) groups is 3. The van der Waals surface area contributed by atoms with Gasteiger partial charge in [0.1, 0.15) is 11.9 Å². The highest BCUT2D eigenvalue weighted by Crippen LogP contribution is 2.22. The van der Waals surface area contributed by atoms with Gasteiger partial charge in [-0.15, -0.1) is 0 Å². The molecule has 29 heavy (non-hydrogen) atoms. The lowest BCUT2D eigenvalue weighted by Gasteiger charge is -2.33. The van der Waals surface area contributed by atoms with E-state index in [0.29, 0.717) is 19.7 Å². The van der Waals surface area contributed by atoms with Crippen LogP contribution < -0.4 is 10.6 Å². The summed E-state index contributed by atoms with van der Waals surface area (Å²) in [7, 11) is 0. The molecule has 2 N–H and O–H groups in total. The van der Waals surface area contributed by atoms with Gasteiger partial charge in [-0.2, -0.15) is 0 Å². The molecule has 0 spiro atoms. The van der Waals surface area contributed by atoms with Crippen LogP contribution in [0.2, 0.25) is 5.02 Å². The summed E-state index contributed by atoms with van der Waals surface area (Å²) >= 11 is 5.63. The molecule has 1 heterocycles. The quantitative estimate of drug-likeness (QED) is 0.743. The van der Waals surface area contributed by atoms with Crippen LogP contribution in [0.5, 0.6) is 0 Å². The Morgan fingerprint density at radius 2 is 1.90 bits per heavy atom. The van der Waals surface area contributed by atoms with Crippen molar-refractivity contribution in [1.82, 2.24) is 10.2 Å². The Hall–Kier alpha value is -2.97. The zero-order valence-electron chi connectivity index (χ0n) is 15.4. The van der Waals surface area contributed by atoms with Crippen molar-refractivity contribution in [2.45, 2.75) is 6.10 Å². The number of ether oxygens (including phenoxy) is 1. The Labute approximate surface area is 171 Å². The van der Waals surface area contributed by atoms with Crippen LogP contribution in [-0.4, -0.2) is 48.9 Å². The highest BCUT2D eigenvalue weighted by atomic mass is 35.5. The van der Waals surface area contributed by atoms with Crippen molar-refractivity contribution >= 4 is 35.0 Å². The van der Waals surface area contributed by atoms with Crippen LogP contribution in [0.3, 0.4) is 0 Å². The van der Waals surface area contributed by atoms with Crippen molar-refractivity contribution in [3.8, 4) is 0 Å². The number of amides is 3. The summed E-state index contributed by atoms with van der Waals surface area (Å²) in [6.45, 7) is 0.820. The topological polar surface area (TPSA) is 87.7 Å². The van der Waals surface area contributed by atoms with E-state index in [1.807, 2.05) is 30.3 Å². The molecule has 0 aromatic heterocycles. The van der Waals surface area contributed by atoms with Gasteiger partial charge in [0.15, 0.2) is 0 Å². The summed E-state index contributed by atoms with van der Waals surface area (Å²) < 4.78 is 18.9. The molecular weight excluding hydrogens is 401 g/mol. The number of morpholine rings is 1. The second kappa shape index (κ2) is 9.49. The number of halogens is 2. The minimum absolute atomic E-state index is 0.168. The molecule has 0 radical (unpaired) electrons. The first-order chi connectivity index (χ1) is 13.9. The predicted octanol–water partition coefficient (Wildman–Crippen LogP) is 2.13. The SMILES string of the molecule is O=C(NCC(=O)N1CCOC(c2ccccc2)C1)C(=O)Nc1ccc(F)c(Cl)c1. The van der Waals surface area contributed by atoms with Crippen LogP contribution in [0.4, 0.5) is 10.1 Å². The van der Waals surface area contributed by atoms with Gasteiger partial charge in [0, 0.05) is 12.2 Å². The van der Waals surface area contributed by atoms with Gasteiger partial charge in [0.25, 0.3) is 0 Å². The van der Waals surface area contributed by atoms with Crippen LogP contribution in [0.25, 0.3) is 0 Å². The molecule has 2 aromatic rings. The summed E-state index contributed by atoms with van der Waals surface area (Å²) in [6.07, 6.45) is -0.240. The van der Waals surface area contributed by atoms with E-state index in [4.69, 9.17) is 16.3 Å². The number of benzene rings is 2. The minimum atomic E-state index is -0.982. The van der Waals surface area contributed by atoms with Crippen LogP contribution in [0.15, 0.2) is 48.5 Å². The second-order valence-electron chi connectivity index (χ2n) is 6.38. The number of hydrogen-bond donors (Lipinski definition) is 2. The average Bonchev–Trinajstić information content (AvgIpc) is 2.75. The third-order valence-corrected chi connectivity index (χ3v) is 4.66. The van der Waals surface area contributed by atoms with Gasteiger partial charge in [-0.25, -0.2) is 4.39 Å². The van der Waals surface area contributed by atoms with Gasteiger partial charge in [-0.3, -0.25) is 14.4 Å². The van der Waals surface area contributed by atoms with Crippen molar-refractivity contribution in [3.05, 3.63) is 64.9 Å². The van der Waals surface area contributed by atoms with E-state index < -0.39 is 17.6 Å². The monoisotopic (exact) mass is 419 g/mol. The Bertz CT molecular complexity index is 910. The van der Waals surface area contributed by atoms with Crippen molar-refractivity contribution in [2.24, 2.45) is 0 Å². The number of nitrogens with zero attached hydrogens (tertiary/aromatic N) is 1. The molecule has 1 fully saturated rings. The summed E-state index contributed by atoms with van der Waals surface area (Å²) in [6, 6.07) is 13.1. The van der Waals surface area contributed by atoms with Crippen molar-refractivity contribution in [3.63, 3.8) is 0 Å². The van der Waals surface area contributed by atoms with E-state index in [0.717, 1.165) is 11.6 Å². The number of carbonyl (C=O) groups excluding carboxylic acids is 3. The molecule has 7 nitrogen and oxygen atoms in total. The number of rotatable bonds is 4. The molecule has 1 saturated heterocycles. The Kier molecular flexibility index (Phi) is 6.79. The minimum Gasteiger partial charge on any atom is -0.370 e. The molecule has 1 unspecified atom stereocenters. The lowest BCUT2D eigenvalue weighted by atomic mass is 10.1. The van der Waals surface area contributed by atoms with Gasteiger partial charge < -0.3 is 20.3 Å². The molecule has 3 rings (SSSR count). The maximum Gasteiger partial charge on any atom is 0.313 e. The number of anilines is 1. The molecule has 0 aliphatic carbocycles. The fourth-order valence-corrected chi connectivity index (χ4v) is 3.04. The van der Waals surface area contributed by atoms with E-state index in [2.05, 4.69) is 10.6 Å². The second-order valence-corrected chi connectivity index (χ2v) is 6.78. The lowest BCUT2D eigenvalue weighted by Crippen LogP contribution is -2.48. The number of nitrogens with one attached hydrogen (secondary N) is 2. The summed E-state index contributed by atoms with van der Waals surface area (Å²) in [5, 5.41) is 4.40. The van der Waals surface area contributed by atoms with Crippen LogP contribution >= 0.6 is 11.6 Å². The highest BCUT2D eigenvalue weighted by Gasteiger charge is 2.26. The van der Waals surface area contributed by atoms with Crippen molar-refractivity contribution in [1.29, 1.82) is 0 Å². The standard InChI is InChI=1S/C20H19ClFN3O4/c21-15-10-14(6-7-16(15)22)24-20(28)19(27)23-11-18(26)25-8-9-29-17(12-25)13-4-2-1-3-5-13/h1-7,10,17H,8-9,11-12H2,(H,23,27)(H,24,28). The molecule has 0 saturated carbocycles. The van der Waals surface area contributed by atoms with Gasteiger partial charge in [0.05, 0.1) is 24.7 Å². The van der Waals surface area contributed by atoms with E-state index in [-0.39, 0.29) is 29.3 Å². The zero-order valence-corrected chi connectivity index (χ0v) is 16.1. The lowest BCUT2D eigenvalue weighted by molar-refractivity contribution is -0.141. The molecular formula is C20H19ClFN3O4. The molecule has 1 aliphatic rings. The Balaban J connectivity index is 1.49. The van der Waals surface area contributed by atoms with Gasteiger partial charge >= 0.3 is 11.8 Å². The van der Waals surface area contributed by atoms with E-state index in [1.54, 1.807) is 4.90 Å². The van der Waals surface area contributed by atoms with Crippen LogP contribution in [0.1, 0.15) is 11.7 Å². The first-order valence-corrected chi connectivity index (χ1v) is 9.30. The largest absolute Gasteiger partial charge is 0.370 e. The summed E-state index contributed by atoms with van der Waals surface area (Å²) in [5.74, 6) is -2.92. The van der Waals surface area contributed by atoms with Crippen molar-refractivity contribution in [2.75, 3.05) is 31.6 Å². The van der Waals surface area contributed by atoms with Crippen molar-refractivity contribution < 1.29 is 23.5 Å². The fourth-order valence-electron chi connectivity index (χ4n) is 2.85. The Morgan fingerprint density at radius 3 is 2.62 bits per heavy atom. The van der Waals surface area contributed by atoms with E-state index in [1.165, 1.54) is 12.1 Å². The number of hydrogen-bond acceptors (Lipinski definition) is 4.